The molecule has 0 aliphatic carbocycles. The van der Waals surface area contributed by atoms with E-state index in [2.05, 4.69) is 19.8 Å². The fraction of sp³-hybridized carbons (Fsp3) is 0.333. The van der Waals surface area contributed by atoms with Gasteiger partial charge in [0.25, 0.3) is 10.0 Å². The van der Waals surface area contributed by atoms with E-state index in [-0.39, 0.29) is 4.90 Å². The van der Waals surface area contributed by atoms with Crippen molar-refractivity contribution >= 4 is 21.5 Å². The smallest absolute Gasteiger partial charge is 0.261 e. The van der Waals surface area contributed by atoms with E-state index < -0.39 is 10.0 Å². The van der Waals surface area contributed by atoms with Crippen molar-refractivity contribution in [1.82, 2.24) is 10.2 Å². The number of anilines is 2. The Morgan fingerprint density at radius 2 is 1.56 bits per heavy atom. The van der Waals surface area contributed by atoms with Crippen LogP contribution in [0.5, 0.6) is 5.75 Å². The molecule has 3 aromatic rings. The van der Waals surface area contributed by atoms with Gasteiger partial charge in [0, 0.05) is 24.3 Å². The van der Waals surface area contributed by atoms with Crippen LogP contribution >= 0.6 is 0 Å². The Labute approximate surface area is 189 Å². The van der Waals surface area contributed by atoms with E-state index in [4.69, 9.17) is 4.74 Å². The minimum absolute atomic E-state index is 0.181. The average molecular weight is 453 g/mol. The number of rotatable bonds is 7. The molecule has 2 heterocycles. The van der Waals surface area contributed by atoms with Crippen LogP contribution in [0.4, 0.5) is 11.5 Å². The second-order valence-corrected chi connectivity index (χ2v) is 9.45. The van der Waals surface area contributed by atoms with Crippen LogP contribution in [-0.4, -0.2) is 38.3 Å². The lowest BCUT2D eigenvalue weighted by Gasteiger charge is -2.20. The molecule has 1 aliphatic heterocycles. The molecule has 7 nitrogen and oxygen atoms in total. The van der Waals surface area contributed by atoms with Crippen LogP contribution in [0.15, 0.2) is 65.6 Å². The van der Waals surface area contributed by atoms with Crippen LogP contribution in [0.25, 0.3) is 11.3 Å². The zero-order valence-corrected chi connectivity index (χ0v) is 19.0. The number of aromatic nitrogens is 2. The molecule has 0 bridgehead atoms. The SMILES string of the molecule is CCOc1ccc(S(=O)(=O)Nc2ccc(-c3ccc(N4CCCCCC4)nn3)cc2)cc1. The van der Waals surface area contributed by atoms with E-state index in [1.165, 1.54) is 37.8 Å². The molecule has 1 fully saturated rings. The van der Waals surface area contributed by atoms with Gasteiger partial charge in [-0.2, -0.15) is 0 Å². The van der Waals surface area contributed by atoms with Crippen LogP contribution in [0.1, 0.15) is 32.6 Å². The molecule has 0 spiro atoms. The summed E-state index contributed by atoms with van der Waals surface area (Å²) in [6, 6.07) is 17.5. The van der Waals surface area contributed by atoms with Gasteiger partial charge < -0.3 is 9.64 Å². The summed E-state index contributed by atoms with van der Waals surface area (Å²) in [5.41, 5.74) is 2.12. The summed E-state index contributed by atoms with van der Waals surface area (Å²) in [7, 11) is -3.68. The Morgan fingerprint density at radius 1 is 0.875 bits per heavy atom. The molecule has 1 aromatic heterocycles. The maximum absolute atomic E-state index is 12.7. The van der Waals surface area contributed by atoms with Gasteiger partial charge in [0.2, 0.25) is 0 Å². The largest absolute Gasteiger partial charge is 0.494 e. The third-order valence-electron chi connectivity index (χ3n) is 5.46. The zero-order valence-electron chi connectivity index (χ0n) is 18.2. The predicted molar refractivity (Wildman–Crippen MR) is 127 cm³/mol. The molecule has 4 rings (SSSR count). The van der Waals surface area contributed by atoms with Crippen LogP contribution in [0.2, 0.25) is 0 Å². The van der Waals surface area contributed by atoms with Gasteiger partial charge in [0.1, 0.15) is 5.75 Å². The Balaban J connectivity index is 1.43. The first-order chi connectivity index (χ1) is 15.5. The molecule has 2 aromatic carbocycles. The lowest BCUT2D eigenvalue weighted by molar-refractivity contribution is 0.340. The van der Waals surface area contributed by atoms with Crippen LogP contribution < -0.4 is 14.4 Å². The van der Waals surface area contributed by atoms with E-state index in [0.29, 0.717) is 18.0 Å². The molecule has 32 heavy (non-hydrogen) atoms. The second-order valence-electron chi connectivity index (χ2n) is 7.77. The molecule has 0 atom stereocenters. The number of hydrogen-bond donors (Lipinski definition) is 1. The molecule has 8 heteroatoms. The van der Waals surface area contributed by atoms with Gasteiger partial charge in [0.05, 0.1) is 17.2 Å². The van der Waals surface area contributed by atoms with Crippen molar-refractivity contribution in [3.05, 3.63) is 60.7 Å². The van der Waals surface area contributed by atoms with Gasteiger partial charge in [-0.05, 0) is 68.3 Å². The number of sulfonamides is 1. The minimum atomic E-state index is -3.68. The molecule has 0 saturated carbocycles. The molecule has 0 amide bonds. The number of ether oxygens (including phenoxy) is 1. The number of hydrogen-bond acceptors (Lipinski definition) is 6. The van der Waals surface area contributed by atoms with Crippen LogP contribution in [-0.2, 0) is 10.0 Å². The summed E-state index contributed by atoms with van der Waals surface area (Å²) >= 11 is 0. The van der Waals surface area contributed by atoms with Crippen molar-refractivity contribution in [2.75, 3.05) is 29.3 Å². The lowest BCUT2D eigenvalue weighted by Crippen LogP contribution is -2.25. The normalized spacial score (nSPS) is 14.6. The van der Waals surface area contributed by atoms with Crippen molar-refractivity contribution < 1.29 is 13.2 Å². The maximum atomic E-state index is 12.7. The Kier molecular flexibility index (Phi) is 6.90. The number of nitrogens with zero attached hydrogens (tertiary/aromatic N) is 3. The summed E-state index contributed by atoms with van der Waals surface area (Å²) in [6.07, 6.45) is 4.93. The highest BCUT2D eigenvalue weighted by molar-refractivity contribution is 7.92. The summed E-state index contributed by atoms with van der Waals surface area (Å²) in [5, 5.41) is 8.80. The van der Waals surface area contributed by atoms with Gasteiger partial charge in [-0.3, -0.25) is 4.72 Å². The Morgan fingerprint density at radius 3 is 2.16 bits per heavy atom. The molecule has 1 N–H and O–H groups in total. The lowest BCUT2D eigenvalue weighted by atomic mass is 10.1. The molecular formula is C24H28N4O3S. The van der Waals surface area contributed by atoms with Crippen molar-refractivity contribution in [2.24, 2.45) is 0 Å². The molecular weight excluding hydrogens is 424 g/mol. The number of benzene rings is 2. The van der Waals surface area contributed by atoms with Crippen molar-refractivity contribution in [1.29, 1.82) is 0 Å². The fourth-order valence-corrected chi connectivity index (χ4v) is 4.81. The summed E-state index contributed by atoms with van der Waals surface area (Å²) in [5.74, 6) is 1.55. The third-order valence-corrected chi connectivity index (χ3v) is 6.86. The van der Waals surface area contributed by atoms with Gasteiger partial charge in [-0.25, -0.2) is 8.42 Å². The first-order valence-corrected chi connectivity index (χ1v) is 12.5. The van der Waals surface area contributed by atoms with Gasteiger partial charge in [-0.15, -0.1) is 10.2 Å². The first-order valence-electron chi connectivity index (χ1n) is 11.0. The van der Waals surface area contributed by atoms with Gasteiger partial charge in [-0.1, -0.05) is 25.0 Å². The Hall–Kier alpha value is -3.13. The molecule has 0 unspecified atom stereocenters. The van der Waals surface area contributed by atoms with E-state index in [9.17, 15) is 8.42 Å². The standard InChI is InChI=1S/C24H28N4O3S/c1-2-31-21-11-13-22(14-12-21)32(29,30)27-20-9-7-19(8-10-20)23-15-16-24(26-25-23)28-17-5-3-4-6-18-28/h7-16,27H,2-6,17-18H2,1H3. The predicted octanol–water partition coefficient (Wildman–Crippen LogP) is 4.72. The molecule has 1 saturated heterocycles. The summed E-state index contributed by atoms with van der Waals surface area (Å²) in [4.78, 5) is 2.47. The quantitative estimate of drug-likeness (QED) is 0.558. The van der Waals surface area contributed by atoms with Gasteiger partial charge >= 0.3 is 0 Å². The molecule has 168 valence electrons. The van der Waals surface area contributed by atoms with E-state index in [0.717, 1.165) is 30.2 Å². The van der Waals surface area contributed by atoms with E-state index >= 15 is 0 Å². The Bertz CT molecular complexity index is 1110. The summed E-state index contributed by atoms with van der Waals surface area (Å²) in [6.45, 7) is 4.46. The fourth-order valence-electron chi connectivity index (χ4n) is 3.75. The van der Waals surface area contributed by atoms with Crippen molar-refractivity contribution in [3.8, 4) is 17.0 Å². The van der Waals surface area contributed by atoms with Crippen LogP contribution in [0.3, 0.4) is 0 Å². The topological polar surface area (TPSA) is 84.4 Å². The average Bonchev–Trinajstić information content (AvgIpc) is 3.10. The summed E-state index contributed by atoms with van der Waals surface area (Å²) < 4.78 is 33.3. The molecule has 0 radical (unpaired) electrons. The van der Waals surface area contributed by atoms with Crippen molar-refractivity contribution in [3.63, 3.8) is 0 Å². The van der Waals surface area contributed by atoms with Gasteiger partial charge in [0.15, 0.2) is 5.82 Å². The van der Waals surface area contributed by atoms with Crippen LogP contribution in [0, 0.1) is 0 Å². The van der Waals surface area contributed by atoms with E-state index in [1.54, 1.807) is 24.3 Å². The number of nitrogens with one attached hydrogen (secondary N) is 1. The highest BCUT2D eigenvalue weighted by atomic mass is 32.2. The third kappa shape index (κ3) is 5.37. The zero-order chi connectivity index (χ0) is 22.4. The highest BCUT2D eigenvalue weighted by Crippen LogP contribution is 2.24. The maximum Gasteiger partial charge on any atom is 0.261 e. The first kappa shape index (κ1) is 22.1. The van der Waals surface area contributed by atoms with E-state index in [1.807, 2.05) is 31.2 Å². The minimum Gasteiger partial charge on any atom is -0.494 e. The monoisotopic (exact) mass is 452 g/mol. The van der Waals surface area contributed by atoms with Crippen molar-refractivity contribution in [2.45, 2.75) is 37.5 Å². The second kappa shape index (κ2) is 9.99. The molecule has 1 aliphatic rings. The highest BCUT2D eigenvalue weighted by Gasteiger charge is 2.15.